The third kappa shape index (κ3) is 81.9. The molecule has 644 valence electrons. The van der Waals surface area contributed by atoms with Gasteiger partial charge in [-0.3, -0.25) is 37.3 Å². The number of hydrogen-bond acceptors (Lipinski definition) is 15. The number of hydrogen-bond donors (Lipinski definition) is 3. The largest absolute Gasteiger partial charge is 0.472 e. The molecule has 0 amide bonds. The molecule has 17 nitrogen and oxygen atoms in total. The van der Waals surface area contributed by atoms with Crippen molar-refractivity contribution < 1.29 is 80.2 Å². The molecule has 109 heavy (non-hydrogen) atoms. The topological polar surface area (TPSA) is 237 Å². The van der Waals surface area contributed by atoms with E-state index >= 15 is 0 Å². The summed E-state index contributed by atoms with van der Waals surface area (Å²) in [6.07, 6.45) is 80.3. The molecule has 0 aliphatic carbocycles. The van der Waals surface area contributed by atoms with Crippen LogP contribution in [0.2, 0.25) is 0 Å². The van der Waals surface area contributed by atoms with E-state index in [1.807, 2.05) is 0 Å². The first-order valence-corrected chi connectivity index (χ1v) is 49.0. The van der Waals surface area contributed by atoms with Gasteiger partial charge in [0, 0.05) is 25.7 Å². The summed E-state index contributed by atoms with van der Waals surface area (Å²) in [5, 5.41) is 10.7. The van der Waals surface area contributed by atoms with Crippen LogP contribution in [0.1, 0.15) is 465 Å². The Labute approximate surface area is 669 Å². The predicted octanol–water partition coefficient (Wildman–Crippen LogP) is 27.5. The summed E-state index contributed by atoms with van der Waals surface area (Å²) < 4.78 is 68.9. The van der Waals surface area contributed by atoms with Crippen molar-refractivity contribution in [3.8, 4) is 0 Å². The van der Waals surface area contributed by atoms with E-state index in [4.69, 9.17) is 37.0 Å². The molecule has 19 heteroatoms. The number of esters is 4. The lowest BCUT2D eigenvalue weighted by molar-refractivity contribution is -0.161. The predicted molar refractivity (Wildman–Crippen MR) is 451 cm³/mol. The molecular formula is C90H172O17P2. The van der Waals surface area contributed by atoms with Crippen LogP contribution in [0, 0.1) is 5.92 Å². The first-order valence-electron chi connectivity index (χ1n) is 46.0. The third-order valence-corrected chi connectivity index (χ3v) is 22.9. The maximum absolute atomic E-state index is 13.2. The van der Waals surface area contributed by atoms with Gasteiger partial charge in [-0.15, -0.1) is 0 Å². The smallest absolute Gasteiger partial charge is 0.462 e. The minimum Gasteiger partial charge on any atom is -0.462 e. The Balaban J connectivity index is 5.23. The van der Waals surface area contributed by atoms with E-state index in [9.17, 15) is 43.2 Å². The fraction of sp³-hybridized carbons (Fsp3) is 0.911. The number of carbonyl (C=O) groups excluding carboxylic acids is 4. The minimum absolute atomic E-state index is 0.0847. The average Bonchev–Trinajstić information content (AvgIpc) is 0.900. The highest BCUT2D eigenvalue weighted by Crippen LogP contribution is 2.45. The molecule has 0 bridgehead atoms. The molecule has 0 spiro atoms. The summed E-state index contributed by atoms with van der Waals surface area (Å²) in [5.41, 5.74) is 0. The van der Waals surface area contributed by atoms with Crippen LogP contribution in [0.25, 0.3) is 0 Å². The first-order chi connectivity index (χ1) is 53.1. The van der Waals surface area contributed by atoms with Crippen molar-refractivity contribution >= 4 is 39.5 Å². The van der Waals surface area contributed by atoms with E-state index < -0.39 is 97.5 Å². The minimum atomic E-state index is -4.97. The molecule has 0 aromatic rings. The van der Waals surface area contributed by atoms with Gasteiger partial charge in [-0.1, -0.05) is 412 Å². The van der Waals surface area contributed by atoms with E-state index in [1.165, 1.54) is 270 Å². The molecule has 3 unspecified atom stereocenters. The van der Waals surface area contributed by atoms with Crippen LogP contribution >= 0.6 is 15.6 Å². The summed E-state index contributed by atoms with van der Waals surface area (Å²) in [6.45, 7) is 7.26. The zero-order valence-electron chi connectivity index (χ0n) is 71.2. The maximum atomic E-state index is 13.2. The number of phosphoric ester groups is 2. The SMILES string of the molecule is CCCCCC/C=C\C=C/CCCCCCCC(=O)O[C@H](COC(=O)CCCCCCCCC(C)CC)COP(=O)(O)OC[C@H](O)COP(=O)(O)OC[C@@H](COC(=O)CCCCCCCCCCCCCCCCCCCCCCCC)OC(=O)CCCCCCCCCCCCCCCCCCCCCCCC. The van der Waals surface area contributed by atoms with E-state index in [0.717, 1.165) is 115 Å². The van der Waals surface area contributed by atoms with Gasteiger partial charge >= 0.3 is 39.5 Å². The molecule has 0 fully saturated rings. The standard InChI is InChI=1S/C90H172O17P2/c1-6-10-13-16-19-22-25-28-31-33-35-37-39-41-43-46-48-51-54-57-63-68-73-87(92)100-79-85(106-89(94)75-71-66-59-56-53-50-47-44-42-40-38-36-34-32-29-26-23-20-17-14-11-7-2)81-104-108(96,97)102-77-84(91)78-103-109(98,99)105-82-86(80-101-88(93)74-69-64-61-60-62-67-72-83(5)9-4)107-90(95)76-70-65-58-55-52-49-45-30-27-24-21-18-15-12-8-3/h24,27,30,45,83-86,91H,6-23,25-26,28-29,31-44,46-82H2,1-5H3,(H,96,97)(H,98,99)/b27-24-,45-30-/t83?,84-,85-,86-/m1/s1. The maximum Gasteiger partial charge on any atom is 0.472 e. The molecule has 0 rings (SSSR count). The second kappa shape index (κ2) is 82.1. The van der Waals surface area contributed by atoms with E-state index in [0.29, 0.717) is 25.7 Å². The number of aliphatic hydroxyl groups excluding tert-OH is 1. The van der Waals surface area contributed by atoms with Gasteiger partial charge in [-0.05, 0) is 57.3 Å². The molecule has 0 radical (unpaired) electrons. The number of ether oxygens (including phenoxy) is 4. The molecule has 0 heterocycles. The van der Waals surface area contributed by atoms with Crippen LogP contribution < -0.4 is 0 Å². The van der Waals surface area contributed by atoms with Crippen LogP contribution in [0.3, 0.4) is 0 Å². The average molecular weight is 1590 g/mol. The number of carbonyl (C=O) groups is 4. The zero-order chi connectivity index (χ0) is 79.7. The van der Waals surface area contributed by atoms with Gasteiger partial charge in [-0.2, -0.15) is 0 Å². The van der Waals surface area contributed by atoms with E-state index in [-0.39, 0.29) is 25.7 Å². The fourth-order valence-electron chi connectivity index (χ4n) is 13.6. The number of aliphatic hydroxyl groups is 1. The van der Waals surface area contributed by atoms with Gasteiger partial charge in [-0.25, -0.2) is 9.13 Å². The van der Waals surface area contributed by atoms with Gasteiger partial charge in [0.2, 0.25) is 0 Å². The number of phosphoric acid groups is 2. The summed E-state index contributed by atoms with van der Waals surface area (Å²) >= 11 is 0. The highest BCUT2D eigenvalue weighted by atomic mass is 31.2. The molecule has 0 saturated heterocycles. The molecule has 0 aliphatic heterocycles. The molecule has 6 atom stereocenters. The van der Waals surface area contributed by atoms with Crippen molar-refractivity contribution in [2.75, 3.05) is 39.6 Å². The van der Waals surface area contributed by atoms with Gasteiger partial charge in [0.1, 0.15) is 19.3 Å². The molecule has 3 N–H and O–H groups in total. The van der Waals surface area contributed by atoms with Crippen molar-refractivity contribution in [1.82, 2.24) is 0 Å². The summed E-state index contributed by atoms with van der Waals surface area (Å²) in [4.78, 5) is 73.3. The lowest BCUT2D eigenvalue weighted by Crippen LogP contribution is -2.30. The molecule has 0 aromatic carbocycles. The van der Waals surface area contributed by atoms with Crippen LogP contribution in [-0.4, -0.2) is 96.7 Å². The quantitative estimate of drug-likeness (QED) is 0.0169. The number of unbranched alkanes of at least 4 members (excludes halogenated alkanes) is 56. The fourth-order valence-corrected chi connectivity index (χ4v) is 15.2. The first kappa shape index (κ1) is 107. The van der Waals surface area contributed by atoms with Crippen molar-refractivity contribution in [1.29, 1.82) is 0 Å². The Kier molecular flexibility index (Phi) is 80.2. The van der Waals surface area contributed by atoms with Gasteiger partial charge in [0.05, 0.1) is 26.4 Å². The molecular weight excluding hydrogens is 1410 g/mol. The second-order valence-electron chi connectivity index (χ2n) is 31.9. The molecule has 0 aliphatic rings. The molecule has 0 saturated carbocycles. The van der Waals surface area contributed by atoms with E-state index in [1.54, 1.807) is 0 Å². The van der Waals surface area contributed by atoms with Crippen molar-refractivity contribution in [3.63, 3.8) is 0 Å². The van der Waals surface area contributed by atoms with E-state index in [2.05, 4.69) is 58.9 Å². The van der Waals surface area contributed by atoms with Crippen molar-refractivity contribution in [2.24, 2.45) is 5.92 Å². The number of allylic oxidation sites excluding steroid dienone is 4. The Morgan fingerprint density at radius 3 is 0.780 bits per heavy atom. The summed E-state index contributed by atoms with van der Waals surface area (Å²) in [6, 6.07) is 0. The summed E-state index contributed by atoms with van der Waals surface area (Å²) in [5.74, 6) is -1.40. The zero-order valence-corrected chi connectivity index (χ0v) is 73.0. The Bertz CT molecular complexity index is 2160. The Morgan fingerprint density at radius 2 is 0.514 bits per heavy atom. The van der Waals surface area contributed by atoms with Crippen LogP contribution in [0.4, 0.5) is 0 Å². The molecule has 0 aromatic heterocycles. The van der Waals surface area contributed by atoms with Gasteiger partial charge in [0.15, 0.2) is 12.2 Å². The Morgan fingerprint density at radius 1 is 0.294 bits per heavy atom. The lowest BCUT2D eigenvalue weighted by atomic mass is 10.00. The highest BCUT2D eigenvalue weighted by molar-refractivity contribution is 7.47. The summed E-state index contributed by atoms with van der Waals surface area (Å²) in [7, 11) is -9.94. The second-order valence-corrected chi connectivity index (χ2v) is 34.8. The van der Waals surface area contributed by atoms with Crippen molar-refractivity contribution in [3.05, 3.63) is 24.3 Å². The van der Waals surface area contributed by atoms with Gasteiger partial charge in [0.25, 0.3) is 0 Å². The van der Waals surface area contributed by atoms with Crippen LogP contribution in [-0.2, 0) is 65.4 Å². The van der Waals surface area contributed by atoms with Crippen molar-refractivity contribution in [2.45, 2.75) is 483 Å². The Hall–Kier alpha value is -2.46. The monoisotopic (exact) mass is 1590 g/mol. The van der Waals surface area contributed by atoms with Crippen LogP contribution in [0.5, 0.6) is 0 Å². The van der Waals surface area contributed by atoms with Crippen LogP contribution in [0.15, 0.2) is 24.3 Å². The van der Waals surface area contributed by atoms with Gasteiger partial charge < -0.3 is 33.8 Å². The normalized spacial score (nSPS) is 14.1. The number of rotatable bonds is 88. The highest BCUT2D eigenvalue weighted by Gasteiger charge is 2.30. The third-order valence-electron chi connectivity index (χ3n) is 21.0. The lowest BCUT2D eigenvalue weighted by Gasteiger charge is -2.21.